The van der Waals surface area contributed by atoms with E-state index in [-0.39, 0.29) is 11.9 Å². The molecule has 1 aliphatic heterocycles. The van der Waals surface area contributed by atoms with Crippen LogP contribution in [0, 0.1) is 13.8 Å². The number of rotatable bonds is 4. The minimum atomic E-state index is 0.217. The Labute approximate surface area is 125 Å². The van der Waals surface area contributed by atoms with Crippen LogP contribution in [-0.4, -0.2) is 55.5 Å². The van der Waals surface area contributed by atoms with Gasteiger partial charge in [-0.1, -0.05) is 0 Å². The second kappa shape index (κ2) is 6.70. The molecule has 0 bridgehead atoms. The summed E-state index contributed by atoms with van der Waals surface area (Å²) in [6.07, 6.45) is 0. The molecule has 0 saturated carbocycles. The summed E-state index contributed by atoms with van der Waals surface area (Å²) in [5.41, 5.74) is 1.32. The maximum atomic E-state index is 12.2. The Morgan fingerprint density at radius 3 is 2.55 bits per heavy atom. The third-order valence-electron chi connectivity index (χ3n) is 3.96. The highest BCUT2D eigenvalue weighted by atomic mass is 32.1. The van der Waals surface area contributed by atoms with Crippen LogP contribution >= 0.6 is 11.3 Å². The number of carbonyl (C=O) groups excluding carboxylic acids is 1. The monoisotopic (exact) mass is 295 g/mol. The molecule has 0 spiro atoms. The number of hydrogen-bond acceptors (Lipinski definition) is 4. The van der Waals surface area contributed by atoms with E-state index in [1.54, 1.807) is 0 Å². The maximum Gasteiger partial charge on any atom is 0.236 e. The highest BCUT2D eigenvalue weighted by Gasteiger charge is 2.19. The highest BCUT2D eigenvalue weighted by Crippen LogP contribution is 2.25. The number of nitrogens with one attached hydrogen (secondary N) is 1. The molecular formula is C15H25N3OS. The molecule has 1 N–H and O–H groups in total. The van der Waals surface area contributed by atoms with Gasteiger partial charge in [0, 0.05) is 42.0 Å². The van der Waals surface area contributed by atoms with Crippen LogP contribution in [-0.2, 0) is 4.79 Å². The van der Waals surface area contributed by atoms with Crippen LogP contribution in [0.3, 0.4) is 0 Å². The first-order valence-electron chi connectivity index (χ1n) is 7.24. The molecule has 1 saturated heterocycles. The molecule has 1 aliphatic rings. The first kappa shape index (κ1) is 15.5. The van der Waals surface area contributed by atoms with E-state index in [1.165, 1.54) is 15.3 Å². The summed E-state index contributed by atoms with van der Waals surface area (Å²) in [7, 11) is 2.10. The van der Waals surface area contributed by atoms with Crippen molar-refractivity contribution in [3.63, 3.8) is 0 Å². The van der Waals surface area contributed by atoms with Gasteiger partial charge in [-0.2, -0.15) is 0 Å². The minimum absolute atomic E-state index is 0.217. The van der Waals surface area contributed by atoms with Crippen molar-refractivity contribution >= 4 is 17.2 Å². The van der Waals surface area contributed by atoms with Crippen LogP contribution in [0.4, 0.5) is 0 Å². The summed E-state index contributed by atoms with van der Waals surface area (Å²) in [6.45, 7) is 10.5. The van der Waals surface area contributed by atoms with Crippen molar-refractivity contribution in [2.75, 3.05) is 39.8 Å². The molecule has 1 aromatic heterocycles. The van der Waals surface area contributed by atoms with Crippen LogP contribution in [0.25, 0.3) is 0 Å². The summed E-state index contributed by atoms with van der Waals surface area (Å²) in [6, 6.07) is 2.45. The Kier molecular flexibility index (Phi) is 5.18. The first-order valence-corrected chi connectivity index (χ1v) is 8.05. The molecule has 2 heterocycles. The maximum absolute atomic E-state index is 12.2. The summed E-state index contributed by atoms with van der Waals surface area (Å²) >= 11 is 1.82. The van der Waals surface area contributed by atoms with Crippen molar-refractivity contribution in [3.8, 4) is 0 Å². The summed E-state index contributed by atoms with van der Waals surface area (Å²) in [4.78, 5) is 19.1. The van der Waals surface area contributed by atoms with Crippen molar-refractivity contribution in [3.05, 3.63) is 21.4 Å². The number of carbonyl (C=O) groups is 1. The van der Waals surface area contributed by atoms with Crippen LogP contribution in [0.5, 0.6) is 0 Å². The molecule has 1 unspecified atom stereocenters. The molecule has 1 aromatic rings. The average Bonchev–Trinajstić information content (AvgIpc) is 2.75. The molecule has 1 amide bonds. The van der Waals surface area contributed by atoms with Gasteiger partial charge in [0.1, 0.15) is 0 Å². The smallest absolute Gasteiger partial charge is 0.236 e. The molecule has 0 radical (unpaired) electrons. The fourth-order valence-corrected chi connectivity index (χ4v) is 3.62. The van der Waals surface area contributed by atoms with E-state index in [0.29, 0.717) is 6.54 Å². The molecule has 1 atom stereocenters. The largest absolute Gasteiger partial charge is 0.339 e. The Morgan fingerprint density at radius 2 is 2.00 bits per heavy atom. The number of thiophene rings is 1. The van der Waals surface area contributed by atoms with E-state index in [2.05, 4.69) is 44.1 Å². The lowest BCUT2D eigenvalue weighted by atomic mass is 10.1. The number of piperazine rings is 1. The molecule has 0 aliphatic carbocycles. The number of hydrogen-bond donors (Lipinski definition) is 1. The first-order chi connectivity index (χ1) is 9.47. The standard InChI is InChI=1S/C15H25N3OS/c1-11-9-14(13(3)20-11)12(2)16-10-15(19)18-7-5-17(4)6-8-18/h9,12,16H,5-8,10H2,1-4H3. The molecule has 4 nitrogen and oxygen atoms in total. The number of nitrogens with zero attached hydrogens (tertiary/aromatic N) is 2. The normalized spacial score (nSPS) is 18.3. The van der Waals surface area contributed by atoms with Gasteiger partial charge in [-0.15, -0.1) is 11.3 Å². The zero-order chi connectivity index (χ0) is 14.7. The van der Waals surface area contributed by atoms with Crippen molar-refractivity contribution in [1.29, 1.82) is 0 Å². The second-order valence-electron chi connectivity index (χ2n) is 5.66. The van der Waals surface area contributed by atoms with E-state index < -0.39 is 0 Å². The quantitative estimate of drug-likeness (QED) is 0.920. The van der Waals surface area contributed by atoms with E-state index in [4.69, 9.17) is 0 Å². The van der Waals surface area contributed by atoms with Crippen molar-refractivity contribution in [2.24, 2.45) is 0 Å². The summed E-state index contributed by atoms with van der Waals surface area (Å²) < 4.78 is 0. The average molecular weight is 295 g/mol. The van der Waals surface area contributed by atoms with E-state index in [0.717, 1.165) is 26.2 Å². The second-order valence-corrected chi connectivity index (χ2v) is 7.12. The summed E-state index contributed by atoms with van der Waals surface area (Å²) in [5.74, 6) is 0.217. The van der Waals surface area contributed by atoms with E-state index >= 15 is 0 Å². The van der Waals surface area contributed by atoms with Crippen molar-refractivity contribution in [2.45, 2.75) is 26.8 Å². The van der Waals surface area contributed by atoms with Gasteiger partial charge >= 0.3 is 0 Å². The minimum Gasteiger partial charge on any atom is -0.339 e. The molecule has 1 fully saturated rings. The van der Waals surface area contributed by atoms with Crippen molar-refractivity contribution in [1.82, 2.24) is 15.1 Å². The van der Waals surface area contributed by atoms with Gasteiger partial charge in [-0.3, -0.25) is 4.79 Å². The summed E-state index contributed by atoms with van der Waals surface area (Å²) in [5, 5.41) is 3.36. The Balaban J connectivity index is 1.82. The Hall–Kier alpha value is -0.910. The van der Waals surface area contributed by atoms with E-state index in [1.807, 2.05) is 16.2 Å². The number of amides is 1. The van der Waals surface area contributed by atoms with Gasteiger partial charge in [0.15, 0.2) is 0 Å². The molecular weight excluding hydrogens is 270 g/mol. The molecule has 0 aromatic carbocycles. The zero-order valence-electron chi connectivity index (χ0n) is 12.9. The lowest BCUT2D eigenvalue weighted by molar-refractivity contribution is -0.131. The predicted octanol–water partition coefficient (Wildman–Crippen LogP) is 1.79. The third kappa shape index (κ3) is 3.81. The van der Waals surface area contributed by atoms with Crippen molar-refractivity contribution < 1.29 is 4.79 Å². The Bertz CT molecular complexity index is 464. The van der Waals surface area contributed by atoms with Gasteiger partial charge in [-0.05, 0) is 39.4 Å². The van der Waals surface area contributed by atoms with Crippen LogP contribution < -0.4 is 5.32 Å². The fraction of sp³-hybridized carbons (Fsp3) is 0.667. The predicted molar refractivity (Wildman–Crippen MR) is 84.3 cm³/mol. The van der Waals surface area contributed by atoms with Gasteiger partial charge in [0.25, 0.3) is 0 Å². The number of aryl methyl sites for hydroxylation is 2. The van der Waals surface area contributed by atoms with Crippen LogP contribution in [0.15, 0.2) is 6.07 Å². The zero-order valence-corrected chi connectivity index (χ0v) is 13.7. The fourth-order valence-electron chi connectivity index (χ4n) is 2.60. The van der Waals surface area contributed by atoms with Gasteiger partial charge in [-0.25, -0.2) is 0 Å². The topological polar surface area (TPSA) is 35.6 Å². The van der Waals surface area contributed by atoms with Crippen LogP contribution in [0.1, 0.15) is 28.3 Å². The van der Waals surface area contributed by atoms with E-state index in [9.17, 15) is 4.79 Å². The lowest BCUT2D eigenvalue weighted by Gasteiger charge is -2.32. The third-order valence-corrected chi connectivity index (χ3v) is 4.94. The highest BCUT2D eigenvalue weighted by molar-refractivity contribution is 7.12. The SMILES string of the molecule is Cc1cc(C(C)NCC(=O)N2CCN(C)CC2)c(C)s1. The van der Waals surface area contributed by atoms with Crippen LogP contribution in [0.2, 0.25) is 0 Å². The van der Waals surface area contributed by atoms with Gasteiger partial charge < -0.3 is 15.1 Å². The Morgan fingerprint density at radius 1 is 1.35 bits per heavy atom. The molecule has 20 heavy (non-hydrogen) atoms. The van der Waals surface area contributed by atoms with Gasteiger partial charge in [0.2, 0.25) is 5.91 Å². The molecule has 2 rings (SSSR count). The molecule has 5 heteroatoms. The van der Waals surface area contributed by atoms with Gasteiger partial charge in [0.05, 0.1) is 6.54 Å². The lowest BCUT2D eigenvalue weighted by Crippen LogP contribution is -2.49. The molecule has 112 valence electrons. The number of likely N-dealkylation sites (N-methyl/N-ethyl adjacent to an activating group) is 1.